The van der Waals surface area contributed by atoms with Crippen LogP contribution in [0.25, 0.3) is 0 Å². The Morgan fingerprint density at radius 2 is 0.947 bits per heavy atom. The summed E-state index contributed by atoms with van der Waals surface area (Å²) in [4.78, 5) is 26.5. The van der Waals surface area contributed by atoms with Gasteiger partial charge in [0.2, 0.25) is 5.91 Å². The molecule has 0 aliphatic carbocycles. The Morgan fingerprint density at radius 3 is 1.45 bits per heavy atom. The summed E-state index contributed by atoms with van der Waals surface area (Å²) in [5, 5.41) is 56.9. The summed E-state index contributed by atoms with van der Waals surface area (Å²) >= 11 is 0. The van der Waals surface area contributed by atoms with E-state index in [1.807, 2.05) is 6.08 Å². The van der Waals surface area contributed by atoms with Crippen molar-refractivity contribution >= 4 is 11.9 Å². The van der Waals surface area contributed by atoms with Crippen LogP contribution >= 0.6 is 0 Å². The number of aliphatic hydroxyl groups is 5. The molecule has 0 saturated carbocycles. The zero-order valence-electron chi connectivity index (χ0n) is 48.3. The number of ether oxygens (including phenoxy) is 3. The third-order valence-corrected chi connectivity index (χ3v) is 14.0. The summed E-state index contributed by atoms with van der Waals surface area (Å²) < 4.78 is 17.6. The standard InChI is InChI=1S/C65H113NO10/c1-4-7-10-13-16-19-22-24-25-26-27-28-29-30-31-32-33-35-38-41-44-47-50-53-60(70)76-63-62(72)61(71)59(54-67)75-65(63)74-55-56(57(68)51-48-45-42-39-36-21-18-15-12-9-6-3)66-64(73)58(69)52-49-46-43-40-37-34-23-20-17-14-11-8-5-2/h8,11,16-17,19-20,24-25,27-28,34,37,48,51,56-59,61-63,65,67-69,71-72H,4-7,9-10,12-15,18,21-23,26,29-33,35-36,38-47,49-50,52-55H2,1-3H3,(H,66,73)/b11-8+,19-16-,20-17+,25-24-,28-27-,37-34+,51-48+. The van der Waals surface area contributed by atoms with Gasteiger partial charge < -0.3 is 45.1 Å². The lowest BCUT2D eigenvalue weighted by Crippen LogP contribution is -2.61. The first kappa shape index (κ1) is 70.9. The van der Waals surface area contributed by atoms with E-state index in [2.05, 4.69) is 99.0 Å². The van der Waals surface area contributed by atoms with Crippen molar-refractivity contribution in [3.63, 3.8) is 0 Å². The molecule has 0 radical (unpaired) electrons. The lowest BCUT2D eigenvalue weighted by molar-refractivity contribution is -0.305. The Labute approximate surface area is 463 Å². The highest BCUT2D eigenvalue weighted by Crippen LogP contribution is 2.26. The molecule has 0 aromatic rings. The maximum Gasteiger partial charge on any atom is 0.306 e. The van der Waals surface area contributed by atoms with Crippen molar-refractivity contribution in [2.24, 2.45) is 0 Å². The molecule has 1 heterocycles. The van der Waals surface area contributed by atoms with E-state index < -0.39 is 67.4 Å². The molecule has 438 valence electrons. The Hall–Kier alpha value is -3.16. The van der Waals surface area contributed by atoms with Gasteiger partial charge in [-0.05, 0) is 96.3 Å². The summed E-state index contributed by atoms with van der Waals surface area (Å²) in [6, 6.07) is -1.04. The van der Waals surface area contributed by atoms with Crippen molar-refractivity contribution in [3.8, 4) is 0 Å². The van der Waals surface area contributed by atoms with Crippen molar-refractivity contribution < 1.29 is 49.3 Å². The van der Waals surface area contributed by atoms with Crippen LogP contribution in [0.3, 0.4) is 0 Å². The first-order valence-corrected chi connectivity index (χ1v) is 30.9. The number of nitrogens with one attached hydrogen (secondary N) is 1. The van der Waals surface area contributed by atoms with Crippen LogP contribution in [0.2, 0.25) is 0 Å². The third kappa shape index (κ3) is 40.1. The molecular weight excluding hydrogens is 955 g/mol. The molecule has 0 spiro atoms. The summed E-state index contributed by atoms with van der Waals surface area (Å²) in [6.45, 7) is 5.61. The van der Waals surface area contributed by atoms with Gasteiger partial charge in [0.1, 0.15) is 24.4 Å². The summed E-state index contributed by atoms with van der Waals surface area (Å²) in [5.41, 5.74) is 0. The van der Waals surface area contributed by atoms with Gasteiger partial charge in [0.05, 0.1) is 25.4 Å². The Kier molecular flexibility index (Phi) is 49.0. The number of rotatable bonds is 51. The largest absolute Gasteiger partial charge is 0.454 e. The van der Waals surface area contributed by atoms with Crippen LogP contribution in [0.5, 0.6) is 0 Å². The smallest absolute Gasteiger partial charge is 0.306 e. The van der Waals surface area contributed by atoms with Crippen LogP contribution in [-0.2, 0) is 23.8 Å². The number of hydrogen-bond acceptors (Lipinski definition) is 10. The third-order valence-electron chi connectivity index (χ3n) is 14.0. The van der Waals surface area contributed by atoms with Gasteiger partial charge in [-0.15, -0.1) is 0 Å². The van der Waals surface area contributed by atoms with Crippen molar-refractivity contribution in [1.29, 1.82) is 0 Å². The topological polar surface area (TPSA) is 175 Å². The molecule has 1 fully saturated rings. The zero-order chi connectivity index (χ0) is 55.4. The Morgan fingerprint density at radius 1 is 0.526 bits per heavy atom. The second kappa shape index (κ2) is 52.5. The number of unbranched alkanes of at least 4 members (excludes halogenated alkanes) is 25. The fourth-order valence-corrected chi connectivity index (χ4v) is 9.14. The van der Waals surface area contributed by atoms with E-state index in [1.54, 1.807) is 6.08 Å². The van der Waals surface area contributed by atoms with Crippen LogP contribution < -0.4 is 5.32 Å². The molecule has 1 aliphatic heterocycles. The second-order valence-corrected chi connectivity index (χ2v) is 21.0. The number of carbonyl (C=O) groups excluding carboxylic acids is 2. The molecule has 1 amide bonds. The van der Waals surface area contributed by atoms with E-state index >= 15 is 0 Å². The van der Waals surface area contributed by atoms with Gasteiger partial charge in [0.25, 0.3) is 0 Å². The maximum atomic E-state index is 13.4. The zero-order valence-corrected chi connectivity index (χ0v) is 48.3. The van der Waals surface area contributed by atoms with Crippen LogP contribution in [0.1, 0.15) is 252 Å². The predicted octanol–water partition coefficient (Wildman–Crippen LogP) is 14.6. The molecular formula is C65H113NO10. The number of hydrogen-bond donors (Lipinski definition) is 6. The van der Waals surface area contributed by atoms with Crippen LogP contribution in [0, 0.1) is 0 Å². The molecule has 1 rings (SSSR count). The number of allylic oxidation sites excluding steroid dienone is 13. The quantitative estimate of drug-likeness (QED) is 0.0195. The molecule has 8 unspecified atom stereocenters. The minimum atomic E-state index is -1.62. The molecule has 1 aliphatic rings. The first-order chi connectivity index (χ1) is 37.2. The summed E-state index contributed by atoms with van der Waals surface area (Å²) in [5.74, 6) is -1.23. The predicted molar refractivity (Wildman–Crippen MR) is 315 cm³/mol. The normalized spacial score (nSPS) is 19.7. The second-order valence-electron chi connectivity index (χ2n) is 21.0. The van der Waals surface area contributed by atoms with Gasteiger partial charge in [-0.25, -0.2) is 0 Å². The summed E-state index contributed by atoms with van der Waals surface area (Å²) in [7, 11) is 0. The molecule has 76 heavy (non-hydrogen) atoms. The van der Waals surface area contributed by atoms with Crippen LogP contribution in [-0.4, -0.2) is 99.6 Å². The molecule has 0 bridgehead atoms. The molecule has 6 N–H and O–H groups in total. The molecule has 0 aromatic heterocycles. The fraction of sp³-hybridized carbons (Fsp3) is 0.754. The highest BCUT2D eigenvalue weighted by molar-refractivity contribution is 5.80. The molecule has 0 aromatic carbocycles. The average molecular weight is 1070 g/mol. The lowest BCUT2D eigenvalue weighted by Gasteiger charge is -2.41. The lowest BCUT2D eigenvalue weighted by atomic mass is 9.99. The fourth-order valence-electron chi connectivity index (χ4n) is 9.14. The van der Waals surface area contributed by atoms with Gasteiger partial charge >= 0.3 is 5.97 Å². The van der Waals surface area contributed by atoms with E-state index in [0.29, 0.717) is 12.8 Å². The van der Waals surface area contributed by atoms with E-state index in [9.17, 15) is 35.1 Å². The van der Waals surface area contributed by atoms with Crippen molar-refractivity contribution in [3.05, 3.63) is 85.1 Å². The molecule has 8 atom stereocenters. The first-order valence-electron chi connectivity index (χ1n) is 30.9. The van der Waals surface area contributed by atoms with Crippen molar-refractivity contribution in [2.45, 2.75) is 301 Å². The van der Waals surface area contributed by atoms with Gasteiger partial charge in [-0.2, -0.15) is 0 Å². The van der Waals surface area contributed by atoms with Crippen LogP contribution in [0.4, 0.5) is 0 Å². The number of carbonyl (C=O) groups is 2. The van der Waals surface area contributed by atoms with Crippen molar-refractivity contribution in [1.82, 2.24) is 5.32 Å². The minimum absolute atomic E-state index is 0.113. The number of amides is 1. The van der Waals surface area contributed by atoms with Gasteiger partial charge in [-0.3, -0.25) is 9.59 Å². The Balaban J connectivity index is 2.63. The highest BCUT2D eigenvalue weighted by Gasteiger charge is 2.47. The number of aliphatic hydroxyl groups excluding tert-OH is 5. The van der Waals surface area contributed by atoms with Gasteiger partial charge in [-0.1, -0.05) is 234 Å². The number of esters is 1. The monoisotopic (exact) mass is 1070 g/mol. The van der Waals surface area contributed by atoms with E-state index in [4.69, 9.17) is 14.2 Å². The SMILES string of the molecule is CC/C=C/C/C=C/C/C=C/CCCCCC(O)C(=O)NC(COC1OC(CO)C(O)C(O)C1OC(=O)CCCCCCCCCCCC/C=C\C/C=C\C/C=C\CCCCC)C(O)/C=C/CCCCCCCCCCC. The minimum Gasteiger partial charge on any atom is -0.454 e. The van der Waals surface area contributed by atoms with Gasteiger partial charge in [0.15, 0.2) is 12.4 Å². The van der Waals surface area contributed by atoms with Crippen LogP contribution in [0.15, 0.2) is 85.1 Å². The highest BCUT2D eigenvalue weighted by atomic mass is 16.7. The maximum absolute atomic E-state index is 13.4. The molecule has 11 nitrogen and oxygen atoms in total. The van der Waals surface area contributed by atoms with E-state index in [1.165, 1.54) is 96.3 Å². The molecule has 11 heteroatoms. The molecule has 1 saturated heterocycles. The van der Waals surface area contributed by atoms with Crippen molar-refractivity contribution in [2.75, 3.05) is 13.2 Å². The average Bonchev–Trinajstić information content (AvgIpc) is 3.42. The van der Waals surface area contributed by atoms with E-state index in [-0.39, 0.29) is 19.4 Å². The summed E-state index contributed by atoms with van der Waals surface area (Å²) in [6.07, 6.45) is 57.7. The van der Waals surface area contributed by atoms with E-state index in [0.717, 1.165) is 109 Å². The Bertz CT molecular complexity index is 1560. The van der Waals surface area contributed by atoms with Gasteiger partial charge in [0, 0.05) is 6.42 Å².